The van der Waals surface area contributed by atoms with E-state index in [0.717, 1.165) is 32.4 Å². The van der Waals surface area contributed by atoms with Gasteiger partial charge >= 0.3 is 6.03 Å². The van der Waals surface area contributed by atoms with Crippen molar-refractivity contribution in [3.8, 4) is 0 Å². The lowest BCUT2D eigenvalue weighted by Crippen LogP contribution is -2.45. The fourth-order valence-electron chi connectivity index (χ4n) is 3.32. The van der Waals surface area contributed by atoms with Crippen LogP contribution in [-0.2, 0) is 6.42 Å². The number of para-hydroxylation sites is 1. The second kappa shape index (κ2) is 5.80. The minimum atomic E-state index is 0.0630. The molecule has 112 valence electrons. The first-order valence-electron chi connectivity index (χ1n) is 7.90. The molecule has 0 saturated carbocycles. The normalized spacial score (nSPS) is 17.8. The van der Waals surface area contributed by atoms with Crippen LogP contribution in [0.25, 0.3) is 10.9 Å². The lowest BCUT2D eigenvalue weighted by molar-refractivity contribution is 0.166. The lowest BCUT2D eigenvalue weighted by atomic mass is 9.96. The van der Waals surface area contributed by atoms with E-state index in [2.05, 4.69) is 48.4 Å². The molecule has 2 N–H and O–H groups in total. The summed E-state index contributed by atoms with van der Waals surface area (Å²) in [5.74, 6) is 0. The Bertz CT molecular complexity index is 647. The van der Waals surface area contributed by atoms with Crippen LogP contribution in [0.15, 0.2) is 24.3 Å². The minimum absolute atomic E-state index is 0.0630. The Hall–Kier alpha value is -1.97. The highest BCUT2D eigenvalue weighted by atomic mass is 16.2. The molecule has 0 bridgehead atoms. The van der Waals surface area contributed by atoms with Crippen LogP contribution < -0.4 is 5.32 Å². The van der Waals surface area contributed by atoms with Crippen LogP contribution in [0, 0.1) is 0 Å². The van der Waals surface area contributed by atoms with Gasteiger partial charge in [0.05, 0.1) is 6.04 Å². The van der Waals surface area contributed by atoms with Gasteiger partial charge < -0.3 is 15.2 Å². The molecular weight excluding hydrogens is 262 g/mol. The number of nitrogens with one attached hydrogen (secondary N) is 2. The predicted octanol–water partition coefficient (Wildman–Crippen LogP) is 3.60. The van der Waals surface area contributed by atoms with E-state index in [4.69, 9.17) is 0 Å². The van der Waals surface area contributed by atoms with Gasteiger partial charge in [0.1, 0.15) is 0 Å². The summed E-state index contributed by atoms with van der Waals surface area (Å²) in [7, 11) is 0. The molecule has 1 aromatic heterocycles. The number of aromatic amines is 1. The molecule has 0 aliphatic carbocycles. The highest BCUT2D eigenvalue weighted by molar-refractivity contribution is 5.86. The van der Waals surface area contributed by atoms with E-state index < -0.39 is 0 Å². The van der Waals surface area contributed by atoms with Gasteiger partial charge in [-0.1, -0.05) is 32.0 Å². The summed E-state index contributed by atoms with van der Waals surface area (Å²) in [6.07, 6.45) is 2.82. The number of nitrogens with zero attached hydrogens (tertiary/aromatic N) is 1. The van der Waals surface area contributed by atoms with E-state index in [-0.39, 0.29) is 12.1 Å². The molecule has 1 unspecified atom stereocenters. The van der Waals surface area contributed by atoms with E-state index in [1.807, 2.05) is 4.90 Å². The number of aromatic nitrogens is 1. The number of H-pyrrole nitrogens is 1. The van der Waals surface area contributed by atoms with Crippen LogP contribution in [0.1, 0.15) is 44.0 Å². The first kappa shape index (κ1) is 14.0. The molecule has 0 spiro atoms. The molecule has 0 saturated heterocycles. The number of rotatable bonds is 3. The summed E-state index contributed by atoms with van der Waals surface area (Å²) in [6.45, 7) is 5.75. The van der Waals surface area contributed by atoms with Crippen molar-refractivity contribution in [3.63, 3.8) is 0 Å². The number of carbonyl (C=O) groups is 1. The average Bonchev–Trinajstić information content (AvgIpc) is 2.90. The van der Waals surface area contributed by atoms with Crippen LogP contribution >= 0.6 is 0 Å². The van der Waals surface area contributed by atoms with Crippen LogP contribution in [0.4, 0.5) is 4.79 Å². The summed E-state index contributed by atoms with van der Waals surface area (Å²) in [5, 5.41) is 4.31. The van der Waals surface area contributed by atoms with Crippen LogP contribution in [0.2, 0.25) is 0 Å². The highest BCUT2D eigenvalue weighted by Gasteiger charge is 2.31. The molecule has 21 heavy (non-hydrogen) atoms. The second-order valence-electron chi connectivity index (χ2n) is 5.66. The van der Waals surface area contributed by atoms with E-state index in [9.17, 15) is 4.79 Å². The van der Waals surface area contributed by atoms with Crippen molar-refractivity contribution in [2.24, 2.45) is 0 Å². The van der Waals surface area contributed by atoms with Crippen molar-refractivity contribution in [1.29, 1.82) is 0 Å². The molecule has 4 nitrogen and oxygen atoms in total. The molecule has 0 radical (unpaired) electrons. The standard InChI is InChI=1S/C17H23N3O/c1-3-10-18-17(21)20-11-9-13-12-7-5-6-8-14(12)19-16(13)15(20)4-2/h5-8,15,19H,3-4,9-11H2,1-2H3,(H,18,21). The molecular formula is C17H23N3O. The number of urea groups is 1. The Morgan fingerprint density at radius 3 is 2.95 bits per heavy atom. The Morgan fingerprint density at radius 2 is 2.19 bits per heavy atom. The van der Waals surface area contributed by atoms with Crippen molar-refractivity contribution in [2.45, 2.75) is 39.2 Å². The van der Waals surface area contributed by atoms with E-state index in [1.54, 1.807) is 0 Å². The quantitative estimate of drug-likeness (QED) is 0.889. The number of amides is 2. The molecule has 2 aromatic rings. The minimum Gasteiger partial charge on any atom is -0.356 e. The smallest absolute Gasteiger partial charge is 0.317 e. The van der Waals surface area contributed by atoms with Crippen molar-refractivity contribution in [2.75, 3.05) is 13.1 Å². The fraction of sp³-hybridized carbons (Fsp3) is 0.471. The van der Waals surface area contributed by atoms with Gasteiger partial charge in [0.2, 0.25) is 0 Å². The molecule has 4 heteroatoms. The Kier molecular flexibility index (Phi) is 3.86. The Balaban J connectivity index is 1.94. The monoisotopic (exact) mass is 285 g/mol. The maximum Gasteiger partial charge on any atom is 0.317 e. The number of fused-ring (bicyclic) bond motifs is 3. The van der Waals surface area contributed by atoms with Crippen molar-refractivity contribution in [3.05, 3.63) is 35.5 Å². The summed E-state index contributed by atoms with van der Waals surface area (Å²) in [4.78, 5) is 17.9. The zero-order valence-electron chi connectivity index (χ0n) is 12.8. The van der Waals surface area contributed by atoms with Gasteiger partial charge in [0.25, 0.3) is 0 Å². The maximum atomic E-state index is 12.4. The van der Waals surface area contributed by atoms with Gasteiger partial charge in [-0.15, -0.1) is 0 Å². The highest BCUT2D eigenvalue weighted by Crippen LogP contribution is 2.35. The molecule has 3 rings (SSSR count). The van der Waals surface area contributed by atoms with Crippen molar-refractivity contribution < 1.29 is 4.79 Å². The predicted molar refractivity (Wildman–Crippen MR) is 85.4 cm³/mol. The molecule has 2 amide bonds. The number of carbonyl (C=O) groups excluding carboxylic acids is 1. The zero-order chi connectivity index (χ0) is 14.8. The summed E-state index contributed by atoms with van der Waals surface area (Å²) < 4.78 is 0. The first-order chi connectivity index (χ1) is 10.3. The number of hydrogen-bond donors (Lipinski definition) is 2. The molecule has 2 heterocycles. The van der Waals surface area contributed by atoms with Crippen molar-refractivity contribution >= 4 is 16.9 Å². The average molecular weight is 285 g/mol. The Morgan fingerprint density at radius 1 is 1.38 bits per heavy atom. The third-order valence-electron chi connectivity index (χ3n) is 4.33. The van der Waals surface area contributed by atoms with Gasteiger partial charge in [-0.25, -0.2) is 4.79 Å². The zero-order valence-corrected chi connectivity index (χ0v) is 12.8. The molecule has 1 aliphatic heterocycles. The number of hydrogen-bond acceptors (Lipinski definition) is 1. The molecule has 0 fully saturated rings. The van der Waals surface area contributed by atoms with Gasteiger partial charge in [-0.05, 0) is 30.9 Å². The SMILES string of the molecule is CCCNC(=O)N1CCc2c([nH]c3ccccc23)C1CC. The van der Waals surface area contributed by atoms with Gasteiger partial charge in [0.15, 0.2) is 0 Å². The third kappa shape index (κ3) is 2.39. The topological polar surface area (TPSA) is 48.1 Å². The fourth-order valence-corrected chi connectivity index (χ4v) is 3.32. The maximum absolute atomic E-state index is 12.4. The summed E-state index contributed by atoms with van der Waals surface area (Å²) >= 11 is 0. The van der Waals surface area contributed by atoms with Crippen LogP contribution in [0.3, 0.4) is 0 Å². The van der Waals surface area contributed by atoms with Gasteiger partial charge in [-0.3, -0.25) is 0 Å². The largest absolute Gasteiger partial charge is 0.356 e. The molecule has 1 aliphatic rings. The lowest BCUT2D eigenvalue weighted by Gasteiger charge is -2.35. The van der Waals surface area contributed by atoms with E-state index in [1.165, 1.54) is 22.2 Å². The van der Waals surface area contributed by atoms with Gasteiger partial charge in [0, 0.05) is 29.7 Å². The van der Waals surface area contributed by atoms with Gasteiger partial charge in [-0.2, -0.15) is 0 Å². The first-order valence-corrected chi connectivity index (χ1v) is 7.90. The summed E-state index contributed by atoms with van der Waals surface area (Å²) in [5.41, 5.74) is 3.78. The van der Waals surface area contributed by atoms with Crippen LogP contribution in [0.5, 0.6) is 0 Å². The Labute approximate surface area is 125 Å². The third-order valence-corrected chi connectivity index (χ3v) is 4.33. The van der Waals surface area contributed by atoms with Crippen molar-refractivity contribution in [1.82, 2.24) is 15.2 Å². The number of benzene rings is 1. The van der Waals surface area contributed by atoms with Crippen LogP contribution in [-0.4, -0.2) is 29.0 Å². The second-order valence-corrected chi connectivity index (χ2v) is 5.66. The molecule has 1 aromatic carbocycles. The summed E-state index contributed by atoms with van der Waals surface area (Å²) in [6, 6.07) is 8.63. The van der Waals surface area contributed by atoms with E-state index >= 15 is 0 Å². The molecule has 1 atom stereocenters. The van der Waals surface area contributed by atoms with E-state index in [0.29, 0.717) is 0 Å².